The van der Waals surface area contributed by atoms with E-state index in [1.807, 2.05) is 36.1 Å². The quantitative estimate of drug-likeness (QED) is 0.613. The molecule has 0 aliphatic heterocycles. The van der Waals surface area contributed by atoms with Crippen LogP contribution in [-0.4, -0.2) is 34.7 Å². The van der Waals surface area contributed by atoms with Crippen molar-refractivity contribution in [1.82, 2.24) is 10.2 Å². The molecular formula is C25H37ClN2O2. The number of amides is 2. The van der Waals surface area contributed by atoms with Crippen molar-refractivity contribution < 1.29 is 9.59 Å². The van der Waals surface area contributed by atoms with Crippen LogP contribution in [-0.2, 0) is 9.59 Å². The van der Waals surface area contributed by atoms with Gasteiger partial charge in [0.25, 0.3) is 0 Å². The number of hydrogen-bond donors (Lipinski definition) is 1. The van der Waals surface area contributed by atoms with Crippen LogP contribution < -0.4 is 5.32 Å². The second-order valence-electron chi connectivity index (χ2n) is 9.42. The Balaban J connectivity index is 1.92. The summed E-state index contributed by atoms with van der Waals surface area (Å²) >= 11 is 6.04. The van der Waals surface area contributed by atoms with Crippen LogP contribution in [0.4, 0.5) is 0 Å². The predicted molar refractivity (Wildman–Crippen MR) is 122 cm³/mol. The summed E-state index contributed by atoms with van der Waals surface area (Å²) in [6.07, 6.45) is 8.62. The summed E-state index contributed by atoms with van der Waals surface area (Å²) in [7, 11) is 0. The molecule has 1 aromatic carbocycles. The van der Waals surface area contributed by atoms with Crippen LogP contribution in [0.3, 0.4) is 0 Å². The number of aryl methyl sites for hydroxylation is 1. The molecule has 2 aliphatic rings. The highest BCUT2D eigenvalue weighted by atomic mass is 35.5. The first-order chi connectivity index (χ1) is 14.4. The Morgan fingerprint density at radius 2 is 1.70 bits per heavy atom. The molecule has 166 valence electrons. The summed E-state index contributed by atoms with van der Waals surface area (Å²) in [5.74, 6) is 0.737. The molecule has 0 heterocycles. The van der Waals surface area contributed by atoms with E-state index in [2.05, 4.69) is 19.2 Å². The van der Waals surface area contributed by atoms with Gasteiger partial charge in [0.05, 0.1) is 0 Å². The fourth-order valence-corrected chi connectivity index (χ4v) is 5.36. The summed E-state index contributed by atoms with van der Waals surface area (Å²) in [6.45, 7) is 6.54. The van der Waals surface area contributed by atoms with E-state index in [0.29, 0.717) is 11.8 Å². The normalized spacial score (nSPS) is 26.1. The monoisotopic (exact) mass is 432 g/mol. The molecule has 1 aromatic rings. The number of nitrogens with one attached hydrogen (secondary N) is 1. The Kier molecular flexibility index (Phi) is 8.21. The Hall–Kier alpha value is -1.55. The first-order valence-corrected chi connectivity index (χ1v) is 12.2. The van der Waals surface area contributed by atoms with Gasteiger partial charge < -0.3 is 10.2 Å². The van der Waals surface area contributed by atoms with E-state index in [-0.39, 0.29) is 29.8 Å². The van der Waals surface area contributed by atoms with Crippen molar-refractivity contribution in [2.75, 3.05) is 5.88 Å². The van der Waals surface area contributed by atoms with Gasteiger partial charge in [0.15, 0.2) is 0 Å². The molecule has 2 aliphatic carbocycles. The summed E-state index contributed by atoms with van der Waals surface area (Å²) < 4.78 is 0. The number of halogens is 1. The van der Waals surface area contributed by atoms with E-state index in [9.17, 15) is 9.59 Å². The summed E-state index contributed by atoms with van der Waals surface area (Å²) in [5.41, 5.74) is 2.01. The third-order valence-corrected chi connectivity index (χ3v) is 7.55. The molecule has 2 saturated carbocycles. The lowest BCUT2D eigenvalue weighted by Gasteiger charge is -2.41. The topological polar surface area (TPSA) is 49.4 Å². The Morgan fingerprint density at radius 3 is 2.33 bits per heavy atom. The number of rotatable bonds is 6. The lowest BCUT2D eigenvalue weighted by atomic mass is 9.78. The lowest BCUT2D eigenvalue weighted by molar-refractivity contribution is -0.143. The van der Waals surface area contributed by atoms with Crippen molar-refractivity contribution in [1.29, 1.82) is 0 Å². The van der Waals surface area contributed by atoms with E-state index >= 15 is 0 Å². The molecule has 0 unspecified atom stereocenters. The van der Waals surface area contributed by atoms with E-state index in [1.54, 1.807) is 0 Å². The molecular weight excluding hydrogens is 396 g/mol. The number of alkyl halides is 1. The third-order valence-electron chi connectivity index (χ3n) is 7.32. The number of hydrogen-bond acceptors (Lipinski definition) is 2. The molecule has 0 aromatic heterocycles. The Morgan fingerprint density at radius 1 is 1.03 bits per heavy atom. The second kappa shape index (κ2) is 10.7. The highest BCUT2D eigenvalue weighted by Gasteiger charge is 2.38. The minimum atomic E-state index is -0.621. The maximum atomic E-state index is 13.7. The second-order valence-corrected chi connectivity index (χ2v) is 9.69. The Bertz CT molecular complexity index is 714. The molecule has 5 heteroatoms. The minimum Gasteiger partial charge on any atom is -0.351 e. The van der Waals surface area contributed by atoms with Crippen molar-refractivity contribution in [3.05, 3.63) is 35.4 Å². The molecule has 4 nitrogen and oxygen atoms in total. The van der Waals surface area contributed by atoms with Gasteiger partial charge in [-0.2, -0.15) is 0 Å². The van der Waals surface area contributed by atoms with Crippen molar-refractivity contribution in [2.45, 2.75) is 90.3 Å². The zero-order valence-electron chi connectivity index (χ0n) is 18.7. The summed E-state index contributed by atoms with van der Waals surface area (Å²) in [4.78, 5) is 28.5. The predicted octanol–water partition coefficient (Wildman–Crippen LogP) is 5.38. The van der Waals surface area contributed by atoms with E-state index < -0.39 is 6.04 Å². The van der Waals surface area contributed by atoms with E-state index in [4.69, 9.17) is 11.6 Å². The van der Waals surface area contributed by atoms with Crippen molar-refractivity contribution in [3.63, 3.8) is 0 Å². The van der Waals surface area contributed by atoms with Gasteiger partial charge >= 0.3 is 0 Å². The highest BCUT2D eigenvalue weighted by molar-refractivity contribution is 6.27. The Labute approximate surface area is 186 Å². The van der Waals surface area contributed by atoms with E-state index in [1.165, 1.54) is 12.8 Å². The molecule has 0 radical (unpaired) electrons. The van der Waals surface area contributed by atoms with Crippen LogP contribution in [0.1, 0.15) is 82.4 Å². The molecule has 2 fully saturated rings. The molecule has 4 atom stereocenters. The molecule has 0 saturated heterocycles. The lowest BCUT2D eigenvalue weighted by Crippen LogP contribution is -2.53. The molecule has 1 N–H and O–H groups in total. The smallest absolute Gasteiger partial charge is 0.247 e. The van der Waals surface area contributed by atoms with Gasteiger partial charge in [-0.15, -0.1) is 11.6 Å². The van der Waals surface area contributed by atoms with Crippen molar-refractivity contribution in [2.24, 2.45) is 11.8 Å². The van der Waals surface area contributed by atoms with Gasteiger partial charge in [0, 0.05) is 12.1 Å². The van der Waals surface area contributed by atoms with Gasteiger partial charge in [0.2, 0.25) is 11.8 Å². The van der Waals surface area contributed by atoms with Crippen molar-refractivity contribution >= 4 is 23.4 Å². The van der Waals surface area contributed by atoms with Crippen LogP contribution in [0.15, 0.2) is 24.3 Å². The fourth-order valence-electron chi connectivity index (χ4n) is 5.22. The SMILES string of the molecule is Cc1ccc([C@H](C(=O)N[C@@H]2CCC[C@H](C)[C@@H]2C)N(C(=O)CCl)C2CCCCC2)cc1. The maximum absolute atomic E-state index is 13.7. The molecule has 30 heavy (non-hydrogen) atoms. The van der Waals surface area contributed by atoms with Gasteiger partial charge in [-0.1, -0.05) is 75.8 Å². The zero-order valence-corrected chi connectivity index (χ0v) is 19.5. The molecule has 0 bridgehead atoms. The average molecular weight is 433 g/mol. The molecule has 3 rings (SSSR count). The number of nitrogens with zero attached hydrogens (tertiary/aromatic N) is 1. The fraction of sp³-hybridized carbons (Fsp3) is 0.680. The van der Waals surface area contributed by atoms with Gasteiger partial charge in [-0.25, -0.2) is 0 Å². The molecule has 0 spiro atoms. The zero-order chi connectivity index (χ0) is 21.7. The number of carbonyl (C=O) groups excluding carboxylic acids is 2. The third kappa shape index (κ3) is 5.38. The van der Waals surface area contributed by atoms with Crippen LogP contribution in [0.5, 0.6) is 0 Å². The first-order valence-electron chi connectivity index (χ1n) is 11.7. The van der Waals surface area contributed by atoms with Gasteiger partial charge in [-0.3, -0.25) is 9.59 Å². The van der Waals surface area contributed by atoms with Crippen LogP contribution in [0.25, 0.3) is 0 Å². The summed E-state index contributed by atoms with van der Waals surface area (Å²) in [5, 5.41) is 3.33. The van der Waals surface area contributed by atoms with Gasteiger partial charge in [0.1, 0.15) is 11.9 Å². The highest BCUT2D eigenvalue weighted by Crippen LogP contribution is 2.33. The number of carbonyl (C=O) groups is 2. The standard InChI is InChI=1S/C25H37ClN2O2/c1-17-12-14-20(15-13-17)24(25(30)27-22-11-7-8-18(2)19(22)3)28(23(29)16-26)21-9-5-4-6-10-21/h12-15,18-19,21-22,24H,4-11,16H2,1-3H3,(H,27,30)/t18-,19-,22+,24+/m0/s1. The molecule has 2 amide bonds. The average Bonchev–Trinajstić information content (AvgIpc) is 2.76. The maximum Gasteiger partial charge on any atom is 0.247 e. The largest absolute Gasteiger partial charge is 0.351 e. The van der Waals surface area contributed by atoms with Gasteiger partial charge in [-0.05, 0) is 43.6 Å². The number of benzene rings is 1. The van der Waals surface area contributed by atoms with Crippen molar-refractivity contribution in [3.8, 4) is 0 Å². The first kappa shape index (κ1) is 23.1. The summed E-state index contributed by atoms with van der Waals surface area (Å²) in [6, 6.07) is 7.63. The van der Waals surface area contributed by atoms with Crippen LogP contribution in [0, 0.1) is 18.8 Å². The van der Waals surface area contributed by atoms with E-state index in [0.717, 1.165) is 49.7 Å². The van der Waals surface area contributed by atoms with Crippen LogP contribution >= 0.6 is 11.6 Å². The van der Waals surface area contributed by atoms with Crippen LogP contribution in [0.2, 0.25) is 0 Å². The minimum absolute atomic E-state index is 0.0613.